The van der Waals surface area contributed by atoms with E-state index in [1.165, 1.54) is 0 Å². The van der Waals surface area contributed by atoms with Crippen molar-refractivity contribution >= 4 is 11.9 Å². The molecule has 3 aromatic carbocycles. The monoisotopic (exact) mass is 448 g/mol. The summed E-state index contributed by atoms with van der Waals surface area (Å²) >= 11 is 0. The van der Waals surface area contributed by atoms with Crippen LogP contribution in [0.3, 0.4) is 0 Å². The third-order valence-electron chi connectivity index (χ3n) is 5.18. The molecule has 4 atom stereocenters. The fourth-order valence-corrected chi connectivity index (χ4v) is 3.51. The van der Waals surface area contributed by atoms with Gasteiger partial charge in [-0.25, -0.2) is 9.59 Å². The van der Waals surface area contributed by atoms with E-state index in [1.807, 2.05) is 30.3 Å². The Morgan fingerprint density at radius 2 is 1.21 bits per heavy atom. The van der Waals surface area contributed by atoms with Gasteiger partial charge in [-0.05, 0) is 29.8 Å². The fourth-order valence-electron chi connectivity index (χ4n) is 3.51. The van der Waals surface area contributed by atoms with E-state index in [9.17, 15) is 14.7 Å². The lowest BCUT2D eigenvalue weighted by Crippen LogP contribution is -2.41. The summed E-state index contributed by atoms with van der Waals surface area (Å²) in [4.78, 5) is 25.3. The molecular weight excluding hydrogens is 424 g/mol. The Hall–Kier alpha value is -3.52. The Bertz CT molecular complexity index is 1040. The predicted molar refractivity (Wildman–Crippen MR) is 118 cm³/mol. The summed E-state index contributed by atoms with van der Waals surface area (Å²) in [5.74, 6) is -1.28. The molecule has 0 bridgehead atoms. The Balaban J connectivity index is 1.48. The van der Waals surface area contributed by atoms with Gasteiger partial charge in [0, 0.05) is 0 Å². The minimum absolute atomic E-state index is 0.0259. The molecule has 1 saturated heterocycles. The van der Waals surface area contributed by atoms with Gasteiger partial charge in [-0.2, -0.15) is 0 Å². The lowest BCUT2D eigenvalue weighted by molar-refractivity contribution is -0.139. The Labute approximate surface area is 191 Å². The maximum Gasteiger partial charge on any atom is 0.338 e. The maximum absolute atomic E-state index is 12.7. The number of hydrogen-bond acceptors (Lipinski definition) is 7. The Morgan fingerprint density at radius 3 is 1.76 bits per heavy atom. The molecule has 1 fully saturated rings. The quantitative estimate of drug-likeness (QED) is 0.528. The van der Waals surface area contributed by atoms with Gasteiger partial charge in [0.05, 0.1) is 24.3 Å². The van der Waals surface area contributed by atoms with E-state index in [0.717, 1.165) is 5.56 Å². The Morgan fingerprint density at radius 1 is 0.727 bits per heavy atom. The van der Waals surface area contributed by atoms with E-state index < -0.39 is 36.5 Å². The molecule has 4 rings (SSSR count). The molecule has 1 heterocycles. The molecule has 0 aromatic heterocycles. The van der Waals surface area contributed by atoms with Gasteiger partial charge < -0.3 is 24.1 Å². The zero-order valence-electron chi connectivity index (χ0n) is 17.8. The van der Waals surface area contributed by atoms with E-state index in [4.69, 9.17) is 18.9 Å². The largest absolute Gasteiger partial charge is 0.452 e. The Kier molecular flexibility index (Phi) is 7.47. The maximum atomic E-state index is 12.7. The number of benzene rings is 3. The minimum atomic E-state index is -1.48. The summed E-state index contributed by atoms with van der Waals surface area (Å²) in [5.41, 5.74) is 1.60. The molecule has 0 aliphatic carbocycles. The van der Waals surface area contributed by atoms with Crippen molar-refractivity contribution in [3.8, 4) is 0 Å². The number of rotatable bonds is 8. The predicted octanol–water partition coefficient (Wildman–Crippen LogP) is 3.37. The second-order valence-corrected chi connectivity index (χ2v) is 7.54. The summed E-state index contributed by atoms with van der Waals surface area (Å²) in [5, 5.41) is 10.5. The van der Waals surface area contributed by atoms with Crippen LogP contribution < -0.4 is 0 Å². The minimum Gasteiger partial charge on any atom is -0.452 e. The van der Waals surface area contributed by atoms with Gasteiger partial charge in [0.25, 0.3) is 0 Å². The lowest BCUT2D eigenvalue weighted by atomic mass is 10.1. The molecule has 0 spiro atoms. The summed E-state index contributed by atoms with van der Waals surface area (Å²) in [6, 6.07) is 26.3. The van der Waals surface area contributed by atoms with Crippen molar-refractivity contribution in [3.63, 3.8) is 0 Å². The van der Waals surface area contributed by atoms with E-state index in [0.29, 0.717) is 17.7 Å². The highest BCUT2D eigenvalue weighted by molar-refractivity contribution is 5.90. The summed E-state index contributed by atoms with van der Waals surface area (Å²) in [6.07, 6.45) is -4.58. The average Bonchev–Trinajstić information content (AvgIpc) is 3.14. The van der Waals surface area contributed by atoms with Crippen molar-refractivity contribution in [3.05, 3.63) is 108 Å². The molecule has 0 unspecified atom stereocenters. The van der Waals surface area contributed by atoms with E-state index in [2.05, 4.69) is 0 Å². The second kappa shape index (κ2) is 10.9. The van der Waals surface area contributed by atoms with Crippen LogP contribution >= 0.6 is 0 Å². The van der Waals surface area contributed by atoms with Crippen LogP contribution in [0, 0.1) is 0 Å². The number of hydrogen-bond donors (Lipinski definition) is 1. The number of aliphatic hydroxyl groups excluding tert-OH is 1. The van der Waals surface area contributed by atoms with Crippen LogP contribution in [0.25, 0.3) is 0 Å². The zero-order chi connectivity index (χ0) is 23.0. The number of carbonyl (C=O) groups excluding carboxylic acids is 2. The molecule has 1 N–H and O–H groups in total. The van der Waals surface area contributed by atoms with E-state index >= 15 is 0 Å². The first-order valence-corrected chi connectivity index (χ1v) is 10.6. The van der Waals surface area contributed by atoms with Crippen LogP contribution in [-0.4, -0.2) is 48.3 Å². The van der Waals surface area contributed by atoms with Crippen molar-refractivity contribution in [2.24, 2.45) is 0 Å². The first-order chi connectivity index (χ1) is 16.1. The first-order valence-electron chi connectivity index (χ1n) is 10.6. The van der Waals surface area contributed by atoms with E-state index in [1.54, 1.807) is 60.7 Å². The number of ether oxygens (including phenoxy) is 4. The summed E-state index contributed by atoms with van der Waals surface area (Å²) in [7, 11) is 0. The van der Waals surface area contributed by atoms with Gasteiger partial charge in [0.1, 0.15) is 6.10 Å². The van der Waals surface area contributed by atoms with Crippen LogP contribution in [0.4, 0.5) is 0 Å². The molecular formula is C26H24O7. The highest BCUT2D eigenvalue weighted by Gasteiger charge is 2.49. The van der Waals surface area contributed by atoms with Crippen LogP contribution in [0.2, 0.25) is 0 Å². The molecule has 7 nitrogen and oxygen atoms in total. The average molecular weight is 448 g/mol. The smallest absolute Gasteiger partial charge is 0.338 e. The van der Waals surface area contributed by atoms with Gasteiger partial charge >= 0.3 is 11.9 Å². The first kappa shape index (κ1) is 22.7. The molecule has 0 radical (unpaired) electrons. The van der Waals surface area contributed by atoms with Crippen molar-refractivity contribution < 1.29 is 33.6 Å². The number of esters is 2. The summed E-state index contributed by atoms with van der Waals surface area (Å²) < 4.78 is 22.5. The van der Waals surface area contributed by atoms with E-state index in [-0.39, 0.29) is 6.61 Å². The third kappa shape index (κ3) is 5.84. The molecule has 170 valence electrons. The van der Waals surface area contributed by atoms with Crippen LogP contribution in [0.15, 0.2) is 91.0 Å². The normalized spacial score (nSPS) is 22.0. The van der Waals surface area contributed by atoms with Crippen molar-refractivity contribution in [1.29, 1.82) is 0 Å². The molecule has 33 heavy (non-hydrogen) atoms. The highest BCUT2D eigenvalue weighted by atomic mass is 16.7. The van der Waals surface area contributed by atoms with Gasteiger partial charge in [0.15, 0.2) is 18.5 Å². The molecule has 1 aliphatic rings. The van der Waals surface area contributed by atoms with Gasteiger partial charge in [-0.3, -0.25) is 0 Å². The topological polar surface area (TPSA) is 91.3 Å². The van der Waals surface area contributed by atoms with Gasteiger partial charge in [-0.15, -0.1) is 0 Å². The molecule has 1 aliphatic heterocycles. The molecule has 0 amide bonds. The standard InChI is InChI=1S/C26H24O7/c27-24(19-12-6-2-7-13-19)32-22-21(17-30-16-18-10-4-1-5-11-18)31-26(29)23(22)33-25(28)20-14-8-3-9-15-20/h1-15,21-23,26,29H,16-17H2/t21-,22-,23-,26-/m1/s1. The number of aliphatic hydroxyl groups is 1. The third-order valence-corrected chi connectivity index (χ3v) is 5.18. The van der Waals surface area contributed by atoms with Gasteiger partial charge in [-0.1, -0.05) is 66.7 Å². The molecule has 7 heteroatoms. The van der Waals surface area contributed by atoms with Crippen LogP contribution in [0.1, 0.15) is 26.3 Å². The lowest BCUT2D eigenvalue weighted by Gasteiger charge is -2.23. The van der Waals surface area contributed by atoms with Crippen LogP contribution in [0.5, 0.6) is 0 Å². The second-order valence-electron chi connectivity index (χ2n) is 7.54. The molecule has 3 aromatic rings. The number of carbonyl (C=O) groups is 2. The fraction of sp³-hybridized carbons (Fsp3) is 0.231. The SMILES string of the molecule is O=C(O[C@@H]1[C@H](OC(=O)c2ccccc2)[C@@H](COCc2ccccc2)O[C@H]1O)c1ccccc1. The zero-order valence-corrected chi connectivity index (χ0v) is 17.8. The van der Waals surface area contributed by atoms with Gasteiger partial charge in [0.2, 0.25) is 0 Å². The summed E-state index contributed by atoms with van der Waals surface area (Å²) in [6.45, 7) is 0.336. The highest BCUT2D eigenvalue weighted by Crippen LogP contribution is 2.28. The van der Waals surface area contributed by atoms with Crippen molar-refractivity contribution in [1.82, 2.24) is 0 Å². The van der Waals surface area contributed by atoms with Crippen LogP contribution in [-0.2, 0) is 25.6 Å². The molecule has 0 saturated carbocycles. The van der Waals surface area contributed by atoms with Crippen molar-refractivity contribution in [2.75, 3.05) is 6.61 Å². The van der Waals surface area contributed by atoms with Crippen molar-refractivity contribution in [2.45, 2.75) is 31.2 Å².